The third-order valence-electron chi connectivity index (χ3n) is 7.41. The second-order valence-corrected chi connectivity index (χ2v) is 9.29. The molecule has 3 aliphatic rings. The number of carbonyl (C=O) groups is 3. The summed E-state index contributed by atoms with van der Waals surface area (Å²) >= 11 is 0. The van der Waals surface area contributed by atoms with Gasteiger partial charge in [-0.3, -0.25) is 9.59 Å². The minimum atomic E-state index is -0.579. The number of imide groups is 1. The Kier molecular flexibility index (Phi) is 4.54. The number of aromatic amines is 1. The van der Waals surface area contributed by atoms with Crippen LogP contribution >= 0.6 is 0 Å². The molecule has 1 aliphatic carbocycles. The van der Waals surface area contributed by atoms with Crippen LogP contribution in [0.1, 0.15) is 60.3 Å². The Morgan fingerprint density at radius 1 is 1.03 bits per heavy atom. The minimum absolute atomic E-state index is 0.153. The highest BCUT2D eigenvalue weighted by molar-refractivity contribution is 6.24. The maximum atomic E-state index is 13.6. The maximum Gasteiger partial charge on any atom is 0.332 e. The zero-order valence-electron chi connectivity index (χ0n) is 18.5. The monoisotopic (exact) mass is 442 g/mol. The van der Waals surface area contributed by atoms with Crippen molar-refractivity contribution in [1.29, 1.82) is 0 Å². The number of H-pyrrole nitrogens is 1. The molecule has 2 N–H and O–H groups in total. The maximum absolute atomic E-state index is 13.6. The summed E-state index contributed by atoms with van der Waals surface area (Å²) in [5.41, 5.74) is 3.80. The van der Waals surface area contributed by atoms with Crippen molar-refractivity contribution >= 4 is 34.4 Å². The van der Waals surface area contributed by atoms with E-state index >= 15 is 0 Å². The van der Waals surface area contributed by atoms with Gasteiger partial charge in [-0.05, 0) is 43.5 Å². The molecule has 2 aromatic carbocycles. The van der Waals surface area contributed by atoms with Crippen molar-refractivity contribution in [3.8, 4) is 0 Å². The van der Waals surface area contributed by atoms with E-state index in [1.54, 1.807) is 29.2 Å². The van der Waals surface area contributed by atoms with Crippen molar-refractivity contribution in [1.82, 2.24) is 15.2 Å². The van der Waals surface area contributed by atoms with E-state index in [-0.39, 0.29) is 29.9 Å². The Morgan fingerprint density at radius 2 is 1.76 bits per heavy atom. The van der Waals surface area contributed by atoms with Crippen molar-refractivity contribution in [2.75, 3.05) is 4.90 Å². The van der Waals surface area contributed by atoms with E-state index in [1.165, 1.54) is 4.90 Å². The van der Waals surface area contributed by atoms with E-state index in [2.05, 4.69) is 16.4 Å². The largest absolute Gasteiger partial charge is 0.356 e. The van der Waals surface area contributed by atoms with Gasteiger partial charge in [-0.1, -0.05) is 43.2 Å². The summed E-state index contributed by atoms with van der Waals surface area (Å²) < 4.78 is 0. The minimum Gasteiger partial charge on any atom is -0.356 e. The molecule has 3 heterocycles. The highest BCUT2D eigenvalue weighted by atomic mass is 16.2. The molecule has 168 valence electrons. The summed E-state index contributed by atoms with van der Waals surface area (Å²) in [4.78, 5) is 46.6. The summed E-state index contributed by atoms with van der Waals surface area (Å²) in [5.74, 6) is -0.504. The number of aromatic nitrogens is 1. The first-order chi connectivity index (χ1) is 16.0. The Balaban J connectivity index is 1.36. The van der Waals surface area contributed by atoms with Gasteiger partial charge < -0.3 is 15.2 Å². The Bertz CT molecular complexity index is 1290. The molecule has 1 saturated carbocycles. The van der Waals surface area contributed by atoms with Crippen LogP contribution in [-0.4, -0.2) is 39.8 Å². The number of nitrogens with zero attached hydrogens (tertiary/aromatic N) is 2. The molecule has 6 rings (SSSR count). The van der Waals surface area contributed by atoms with E-state index in [4.69, 9.17) is 0 Å². The summed E-state index contributed by atoms with van der Waals surface area (Å²) in [6, 6.07) is 13.9. The molecular formula is C26H26N4O3. The lowest BCUT2D eigenvalue weighted by Crippen LogP contribution is -2.42. The molecule has 1 saturated heterocycles. The van der Waals surface area contributed by atoms with Crippen LogP contribution in [0.25, 0.3) is 10.9 Å². The normalized spacial score (nSPS) is 22.7. The van der Waals surface area contributed by atoms with Gasteiger partial charge in [0.25, 0.3) is 11.8 Å². The van der Waals surface area contributed by atoms with E-state index < -0.39 is 6.04 Å². The Morgan fingerprint density at radius 3 is 2.58 bits per heavy atom. The van der Waals surface area contributed by atoms with Gasteiger partial charge in [-0.25, -0.2) is 9.69 Å². The third kappa shape index (κ3) is 2.98. The first-order valence-corrected chi connectivity index (χ1v) is 11.7. The fourth-order valence-electron chi connectivity index (χ4n) is 5.78. The number of rotatable bonds is 3. The number of fused-ring (bicyclic) bond motifs is 4. The number of nitrogens with one attached hydrogen (secondary N) is 2. The first-order valence-electron chi connectivity index (χ1n) is 11.7. The number of hydrogen-bond acceptors (Lipinski definition) is 3. The van der Waals surface area contributed by atoms with Crippen LogP contribution in [0.5, 0.6) is 0 Å². The van der Waals surface area contributed by atoms with Gasteiger partial charge in [0.15, 0.2) is 0 Å². The van der Waals surface area contributed by atoms with Gasteiger partial charge in [0.1, 0.15) is 6.04 Å². The van der Waals surface area contributed by atoms with Gasteiger partial charge >= 0.3 is 6.03 Å². The van der Waals surface area contributed by atoms with Gasteiger partial charge in [-0.15, -0.1) is 0 Å². The number of para-hydroxylation sites is 2. The number of anilines is 1. The number of hydrogen-bond donors (Lipinski definition) is 2. The predicted octanol–water partition coefficient (Wildman–Crippen LogP) is 4.29. The van der Waals surface area contributed by atoms with E-state index in [1.807, 2.05) is 25.1 Å². The summed E-state index contributed by atoms with van der Waals surface area (Å²) in [6.07, 6.45) is 4.61. The summed E-state index contributed by atoms with van der Waals surface area (Å²) in [6.45, 7) is 1.95. The molecular weight excluding hydrogens is 416 g/mol. The molecule has 1 aromatic heterocycles. The van der Waals surface area contributed by atoms with Crippen LogP contribution in [0.3, 0.4) is 0 Å². The van der Waals surface area contributed by atoms with Crippen LogP contribution in [0.4, 0.5) is 10.5 Å². The Hall–Kier alpha value is -3.61. The molecule has 2 fully saturated rings. The molecule has 7 heteroatoms. The van der Waals surface area contributed by atoms with Crippen molar-refractivity contribution in [2.24, 2.45) is 0 Å². The zero-order chi connectivity index (χ0) is 22.7. The van der Waals surface area contributed by atoms with Crippen molar-refractivity contribution in [2.45, 2.75) is 57.2 Å². The number of amides is 4. The fourth-order valence-corrected chi connectivity index (χ4v) is 5.78. The van der Waals surface area contributed by atoms with Crippen LogP contribution in [0.15, 0.2) is 48.5 Å². The average molecular weight is 443 g/mol. The fraction of sp³-hybridized carbons (Fsp3) is 0.346. The van der Waals surface area contributed by atoms with Crippen LogP contribution < -0.4 is 10.2 Å². The number of benzene rings is 2. The molecule has 7 nitrogen and oxygen atoms in total. The molecule has 0 spiro atoms. The van der Waals surface area contributed by atoms with E-state index in [0.29, 0.717) is 17.7 Å². The molecule has 2 aliphatic heterocycles. The van der Waals surface area contributed by atoms with Gasteiger partial charge in [0, 0.05) is 29.1 Å². The highest BCUT2D eigenvalue weighted by Gasteiger charge is 2.52. The second-order valence-electron chi connectivity index (χ2n) is 9.29. The number of urea groups is 1. The highest BCUT2D eigenvalue weighted by Crippen LogP contribution is 2.42. The standard InChI is InChI=1S/C26H26N4O3/c1-15-23-19(17-10-4-6-12-20(17)28-23)14-22-25(32)30(26(33)29(15)22)21-13-7-5-11-18(21)24(31)27-16-8-2-3-9-16/h4-7,10-13,15-16,22,28H,2-3,8-9,14H2,1H3,(H,27,31)/t15-,22-/m0/s1. The van der Waals surface area contributed by atoms with Crippen LogP contribution in [0.2, 0.25) is 0 Å². The summed E-state index contributed by atoms with van der Waals surface area (Å²) in [7, 11) is 0. The number of carbonyl (C=O) groups excluding carboxylic acids is 3. The Labute approximate surface area is 191 Å². The topological polar surface area (TPSA) is 85.5 Å². The zero-order valence-corrected chi connectivity index (χ0v) is 18.5. The van der Waals surface area contributed by atoms with E-state index in [9.17, 15) is 14.4 Å². The SMILES string of the molecule is C[C@H]1c2[nH]c3ccccc3c2C[C@H]2C(=O)N(c3ccccc3C(=O)NC3CCCC3)C(=O)N21. The second kappa shape index (κ2) is 7.47. The summed E-state index contributed by atoms with van der Waals surface area (Å²) in [5, 5.41) is 4.18. The van der Waals surface area contributed by atoms with Crippen LogP contribution in [0, 0.1) is 0 Å². The van der Waals surface area contributed by atoms with Gasteiger partial charge in [-0.2, -0.15) is 0 Å². The lowest BCUT2D eigenvalue weighted by molar-refractivity contribution is -0.120. The molecule has 33 heavy (non-hydrogen) atoms. The third-order valence-corrected chi connectivity index (χ3v) is 7.41. The van der Waals surface area contributed by atoms with Crippen LogP contribution in [-0.2, 0) is 11.2 Å². The smallest absolute Gasteiger partial charge is 0.332 e. The quantitative estimate of drug-likeness (QED) is 0.593. The molecule has 2 atom stereocenters. The molecule has 0 unspecified atom stereocenters. The molecule has 3 aromatic rings. The molecule has 4 amide bonds. The lowest BCUT2D eigenvalue weighted by atomic mass is 9.93. The molecule has 0 bridgehead atoms. The molecule has 0 radical (unpaired) electrons. The van der Waals surface area contributed by atoms with E-state index in [0.717, 1.165) is 47.8 Å². The lowest BCUT2D eigenvalue weighted by Gasteiger charge is -2.33. The predicted molar refractivity (Wildman–Crippen MR) is 125 cm³/mol. The average Bonchev–Trinajstić information content (AvgIpc) is 3.52. The van der Waals surface area contributed by atoms with Crippen molar-refractivity contribution < 1.29 is 14.4 Å². The van der Waals surface area contributed by atoms with Gasteiger partial charge in [0.2, 0.25) is 0 Å². The van der Waals surface area contributed by atoms with Crippen molar-refractivity contribution in [3.63, 3.8) is 0 Å². The first kappa shape index (κ1) is 20.0. The van der Waals surface area contributed by atoms with Gasteiger partial charge in [0.05, 0.1) is 17.3 Å². The van der Waals surface area contributed by atoms with Crippen molar-refractivity contribution in [3.05, 3.63) is 65.4 Å².